The monoisotopic (exact) mass is 434 g/mol. The average Bonchev–Trinajstić information content (AvgIpc) is 2.85. The van der Waals surface area contributed by atoms with Crippen molar-refractivity contribution in [2.24, 2.45) is 4.99 Å². The van der Waals surface area contributed by atoms with E-state index in [2.05, 4.69) is 45.0 Å². The smallest absolute Gasteiger partial charge is 0.161 e. The lowest BCUT2D eigenvalue weighted by atomic mass is 9.82. The van der Waals surface area contributed by atoms with E-state index in [0.29, 0.717) is 5.75 Å². The van der Waals surface area contributed by atoms with Crippen LogP contribution >= 0.6 is 28.7 Å². The molecule has 1 unspecified atom stereocenters. The molecule has 3 rings (SSSR count). The maximum absolute atomic E-state index is 11.7. The Labute approximate surface area is 171 Å². The van der Waals surface area contributed by atoms with Gasteiger partial charge in [-0.05, 0) is 31.9 Å². The number of likely N-dealkylation sites (N-methyl/N-ethyl adjacent to an activating group) is 1. The van der Waals surface area contributed by atoms with E-state index in [-0.39, 0.29) is 28.4 Å². The van der Waals surface area contributed by atoms with Crippen LogP contribution in [0.5, 0.6) is 0 Å². The number of aliphatic imine (C=N–C) groups is 1. The summed E-state index contributed by atoms with van der Waals surface area (Å²) in [7, 11) is 1.95. The summed E-state index contributed by atoms with van der Waals surface area (Å²) in [6.07, 6.45) is 0. The van der Waals surface area contributed by atoms with E-state index < -0.39 is 5.72 Å². The number of aliphatic hydroxyl groups is 1. The number of halogens is 1. The Hall–Kier alpha value is -1.30. The minimum absolute atomic E-state index is 0. The molecule has 0 bridgehead atoms. The van der Waals surface area contributed by atoms with Crippen LogP contribution in [0, 0.1) is 0 Å². The van der Waals surface area contributed by atoms with Gasteiger partial charge in [-0.25, -0.2) is 0 Å². The number of nitrogens with zero attached hydrogens (tertiary/aromatic N) is 2. The van der Waals surface area contributed by atoms with E-state index in [4.69, 9.17) is 4.99 Å². The van der Waals surface area contributed by atoms with Gasteiger partial charge in [0.1, 0.15) is 0 Å². The first-order chi connectivity index (χ1) is 11.8. The quantitative estimate of drug-likeness (QED) is 0.744. The third-order valence-corrected chi connectivity index (χ3v) is 5.63. The fraction of sp³-hybridized carbons (Fsp3) is 0.381. The molecule has 1 heterocycles. The Morgan fingerprint density at radius 1 is 1.00 bits per heavy atom. The molecule has 0 aliphatic carbocycles. The van der Waals surface area contributed by atoms with Gasteiger partial charge in [0.25, 0.3) is 0 Å². The molecule has 0 aromatic heterocycles. The Morgan fingerprint density at radius 3 is 1.88 bits per heavy atom. The van der Waals surface area contributed by atoms with Gasteiger partial charge in [0.15, 0.2) is 10.9 Å². The van der Waals surface area contributed by atoms with Crippen LogP contribution in [0.3, 0.4) is 0 Å². The van der Waals surface area contributed by atoms with Crippen LogP contribution in [-0.4, -0.2) is 39.2 Å². The normalized spacial score (nSPS) is 21.9. The number of rotatable bonds is 3. The third-order valence-electron chi connectivity index (χ3n) is 4.44. The lowest BCUT2D eigenvalue weighted by molar-refractivity contribution is -0.0436. The highest BCUT2D eigenvalue weighted by molar-refractivity contribution is 8.93. The number of amidine groups is 1. The maximum atomic E-state index is 11.7. The first kappa shape index (κ1) is 21.0. The first-order valence-electron chi connectivity index (χ1n) is 8.60. The van der Waals surface area contributed by atoms with Crippen molar-refractivity contribution in [1.82, 2.24) is 4.90 Å². The van der Waals surface area contributed by atoms with Crippen LogP contribution in [0.2, 0.25) is 0 Å². The number of hydrogen-bond donors (Lipinski definition) is 1. The summed E-state index contributed by atoms with van der Waals surface area (Å²) in [6.45, 7) is 6.24. The second kappa shape index (κ2) is 8.15. The summed E-state index contributed by atoms with van der Waals surface area (Å²) in [5.41, 5.74) is 1.04. The summed E-state index contributed by atoms with van der Waals surface area (Å²) in [4.78, 5) is 6.75. The number of benzene rings is 2. The predicted molar refractivity (Wildman–Crippen MR) is 117 cm³/mol. The van der Waals surface area contributed by atoms with Crippen molar-refractivity contribution < 1.29 is 5.11 Å². The van der Waals surface area contributed by atoms with Crippen molar-refractivity contribution in [2.45, 2.75) is 38.0 Å². The molecular formula is C21H27BrN2OS. The number of thioether (sulfide) groups is 1. The van der Waals surface area contributed by atoms with Crippen LogP contribution in [0.15, 0.2) is 65.7 Å². The van der Waals surface area contributed by atoms with Gasteiger partial charge in [0, 0.05) is 12.8 Å². The van der Waals surface area contributed by atoms with E-state index in [1.807, 2.05) is 48.3 Å². The molecule has 1 saturated heterocycles. The van der Waals surface area contributed by atoms with Gasteiger partial charge in [0.05, 0.1) is 11.5 Å². The molecule has 1 fully saturated rings. The minimum atomic E-state index is -1.02. The van der Waals surface area contributed by atoms with Gasteiger partial charge in [-0.1, -0.05) is 72.4 Å². The van der Waals surface area contributed by atoms with E-state index in [1.165, 1.54) is 0 Å². The molecule has 2 aromatic carbocycles. The lowest BCUT2D eigenvalue weighted by Gasteiger charge is -2.39. The molecule has 0 radical (unpaired) electrons. The molecule has 0 amide bonds. The van der Waals surface area contributed by atoms with Crippen LogP contribution < -0.4 is 0 Å². The largest absolute Gasteiger partial charge is 0.369 e. The summed E-state index contributed by atoms with van der Waals surface area (Å²) < 4.78 is 0. The zero-order valence-electron chi connectivity index (χ0n) is 15.7. The van der Waals surface area contributed by atoms with Crippen LogP contribution in [0.4, 0.5) is 0 Å². The second-order valence-corrected chi connectivity index (χ2v) is 8.49. The highest BCUT2D eigenvalue weighted by Crippen LogP contribution is 2.44. The summed E-state index contributed by atoms with van der Waals surface area (Å²) in [6, 6.07) is 20.5. The zero-order valence-corrected chi connectivity index (χ0v) is 18.2. The molecule has 1 aliphatic heterocycles. The molecule has 5 heteroatoms. The van der Waals surface area contributed by atoms with Gasteiger partial charge in [-0.3, -0.25) is 4.99 Å². The van der Waals surface area contributed by atoms with Crippen LogP contribution in [0.1, 0.15) is 37.8 Å². The van der Waals surface area contributed by atoms with Gasteiger partial charge in [0.2, 0.25) is 0 Å². The van der Waals surface area contributed by atoms with E-state index in [9.17, 15) is 5.11 Å². The van der Waals surface area contributed by atoms with Crippen LogP contribution in [-0.2, 0) is 0 Å². The van der Waals surface area contributed by atoms with Crippen molar-refractivity contribution >= 4 is 33.9 Å². The van der Waals surface area contributed by atoms with Crippen LogP contribution in [0.25, 0.3) is 0 Å². The van der Waals surface area contributed by atoms with Crippen molar-refractivity contribution in [1.29, 1.82) is 0 Å². The van der Waals surface area contributed by atoms with E-state index in [0.717, 1.165) is 16.3 Å². The highest BCUT2D eigenvalue weighted by atomic mass is 79.9. The van der Waals surface area contributed by atoms with Crippen molar-refractivity contribution in [3.63, 3.8) is 0 Å². The molecule has 3 nitrogen and oxygen atoms in total. The fourth-order valence-corrected chi connectivity index (χ4v) is 4.61. The molecule has 2 aromatic rings. The minimum Gasteiger partial charge on any atom is -0.369 e. The predicted octanol–water partition coefficient (Wildman–Crippen LogP) is 4.92. The fourth-order valence-electron chi connectivity index (χ4n) is 3.22. The highest BCUT2D eigenvalue weighted by Gasteiger charge is 2.48. The van der Waals surface area contributed by atoms with Gasteiger partial charge >= 0.3 is 0 Å². The van der Waals surface area contributed by atoms with E-state index in [1.54, 1.807) is 11.8 Å². The second-order valence-electron chi connectivity index (χ2n) is 7.55. The molecule has 140 valence electrons. The molecule has 0 spiro atoms. The summed E-state index contributed by atoms with van der Waals surface area (Å²) in [5, 5.41) is 12.6. The van der Waals surface area contributed by atoms with Crippen molar-refractivity contribution in [3.05, 3.63) is 71.8 Å². The van der Waals surface area contributed by atoms with E-state index >= 15 is 0 Å². The molecular weight excluding hydrogens is 408 g/mol. The topological polar surface area (TPSA) is 35.8 Å². The van der Waals surface area contributed by atoms with Gasteiger partial charge in [-0.15, -0.1) is 17.0 Å². The van der Waals surface area contributed by atoms with Gasteiger partial charge < -0.3 is 10.0 Å². The lowest BCUT2D eigenvalue weighted by Crippen LogP contribution is -2.50. The van der Waals surface area contributed by atoms with Crippen molar-refractivity contribution in [3.8, 4) is 0 Å². The third kappa shape index (κ3) is 4.33. The molecule has 26 heavy (non-hydrogen) atoms. The van der Waals surface area contributed by atoms with Gasteiger partial charge in [-0.2, -0.15) is 0 Å². The maximum Gasteiger partial charge on any atom is 0.161 e. The molecule has 0 saturated carbocycles. The standard InChI is InChI=1S/C21H26N2OS.BrH/c1-20(2,3)22-19-23(4)21(24,15-25-19)18(16-11-7-5-8-12-16)17-13-9-6-10-14-17;/h5-14,18,24H,15H2,1-4H3;1H/b22-19+;. The summed E-state index contributed by atoms with van der Waals surface area (Å²) >= 11 is 1.63. The SMILES string of the molecule is Br.CN1/C(=N\C(C)(C)C)SCC1(O)C(c1ccccc1)c1ccccc1. The zero-order chi connectivity index (χ0) is 18.1. The molecule has 1 atom stereocenters. The molecule has 1 N–H and O–H groups in total. The number of hydrogen-bond acceptors (Lipinski definition) is 3. The average molecular weight is 435 g/mol. The molecule has 1 aliphatic rings. The Morgan fingerprint density at radius 2 is 1.46 bits per heavy atom. The van der Waals surface area contributed by atoms with Crippen molar-refractivity contribution in [2.75, 3.05) is 12.8 Å². The Bertz CT molecular complexity index is 706. The first-order valence-corrected chi connectivity index (χ1v) is 9.58. The Kier molecular flexibility index (Phi) is 6.59. The Balaban J connectivity index is 0.00000243. The summed E-state index contributed by atoms with van der Waals surface area (Å²) in [5.74, 6) is 0.451.